The molecule has 0 saturated carbocycles. The minimum atomic E-state index is -0.637. The van der Waals surface area contributed by atoms with Gasteiger partial charge in [0, 0.05) is 28.9 Å². The summed E-state index contributed by atoms with van der Waals surface area (Å²) in [5, 5.41) is 1.33. The summed E-state index contributed by atoms with van der Waals surface area (Å²) in [5.74, 6) is -0.637. The molecule has 2 aromatic rings. The molecule has 0 amide bonds. The van der Waals surface area contributed by atoms with Gasteiger partial charge in [0.25, 0.3) is 0 Å². The Labute approximate surface area is 159 Å². The van der Waals surface area contributed by atoms with Gasteiger partial charge in [0.2, 0.25) is 0 Å². The zero-order valence-corrected chi connectivity index (χ0v) is 16.0. The Morgan fingerprint density at radius 1 is 1.36 bits per heavy atom. The third kappa shape index (κ3) is 4.98. The number of aryl methyl sites for hydroxylation is 1. The van der Waals surface area contributed by atoms with E-state index >= 15 is 0 Å². The average Bonchev–Trinajstić information content (AvgIpc) is 3.23. The number of nitrogens with zero attached hydrogens (tertiary/aromatic N) is 2. The molecule has 0 aliphatic carbocycles. The number of aromatic nitrogens is 2. The van der Waals surface area contributed by atoms with E-state index in [2.05, 4.69) is 11.9 Å². The van der Waals surface area contributed by atoms with Crippen molar-refractivity contribution < 1.29 is 9.47 Å². The van der Waals surface area contributed by atoms with E-state index in [1.807, 2.05) is 22.9 Å². The summed E-state index contributed by atoms with van der Waals surface area (Å²) >= 11 is 12.3. The zero-order valence-electron chi connectivity index (χ0n) is 14.5. The SMILES string of the molecule is CCCCC1COC(CCc2ccc(Cl)cc2Cl)(Cn2ccnc2)O1. The zero-order chi connectivity index (χ0) is 17.7. The summed E-state index contributed by atoms with van der Waals surface area (Å²) in [6.45, 7) is 3.46. The highest BCUT2D eigenvalue weighted by Crippen LogP contribution is 2.33. The van der Waals surface area contributed by atoms with Gasteiger partial charge in [-0.1, -0.05) is 49.0 Å². The first kappa shape index (κ1) is 18.7. The van der Waals surface area contributed by atoms with Crippen LogP contribution in [0.25, 0.3) is 0 Å². The molecule has 136 valence electrons. The molecule has 1 aliphatic heterocycles. The highest BCUT2D eigenvalue weighted by Gasteiger charge is 2.41. The predicted octanol–water partition coefficient (Wildman–Crippen LogP) is 5.12. The van der Waals surface area contributed by atoms with Crippen LogP contribution >= 0.6 is 23.2 Å². The fourth-order valence-electron chi connectivity index (χ4n) is 3.19. The Kier molecular flexibility index (Phi) is 6.39. The van der Waals surface area contributed by atoms with Crippen LogP contribution in [0.3, 0.4) is 0 Å². The van der Waals surface area contributed by atoms with E-state index in [0.717, 1.165) is 37.7 Å². The second-order valence-corrected chi connectivity index (χ2v) is 7.42. The molecule has 4 nitrogen and oxygen atoms in total. The number of halogens is 2. The van der Waals surface area contributed by atoms with Gasteiger partial charge in [0.05, 0.1) is 25.6 Å². The summed E-state index contributed by atoms with van der Waals surface area (Å²) in [6, 6.07) is 5.62. The number of imidazole rings is 1. The second-order valence-electron chi connectivity index (χ2n) is 6.57. The van der Waals surface area contributed by atoms with Crippen LogP contribution in [-0.2, 0) is 22.4 Å². The average molecular weight is 383 g/mol. The molecule has 1 aromatic carbocycles. The number of rotatable bonds is 8. The molecule has 25 heavy (non-hydrogen) atoms. The van der Waals surface area contributed by atoms with E-state index in [9.17, 15) is 0 Å². The summed E-state index contributed by atoms with van der Waals surface area (Å²) < 4.78 is 14.5. The lowest BCUT2D eigenvalue weighted by molar-refractivity contribution is -0.182. The van der Waals surface area contributed by atoms with Crippen LogP contribution in [0.4, 0.5) is 0 Å². The Hall–Kier alpha value is -1.07. The quantitative estimate of drug-likeness (QED) is 0.635. The molecule has 2 unspecified atom stereocenters. The molecular formula is C19H24Cl2N2O2. The largest absolute Gasteiger partial charge is 0.345 e. The third-order valence-corrected chi connectivity index (χ3v) is 5.15. The van der Waals surface area contributed by atoms with Gasteiger partial charge in [-0.05, 0) is 30.5 Å². The summed E-state index contributed by atoms with van der Waals surface area (Å²) in [4.78, 5) is 4.12. The molecule has 0 radical (unpaired) electrons. The maximum absolute atomic E-state index is 6.37. The first-order valence-electron chi connectivity index (χ1n) is 8.82. The normalized spacial score (nSPS) is 23.2. The van der Waals surface area contributed by atoms with Crippen LogP contribution in [0, 0.1) is 0 Å². The number of hydrogen-bond acceptors (Lipinski definition) is 3. The van der Waals surface area contributed by atoms with E-state index < -0.39 is 5.79 Å². The standard InChI is InChI=1S/C19H24Cl2N2O2/c1-2-3-4-17-12-24-19(25-17,13-23-10-9-22-14-23)8-7-15-5-6-16(20)11-18(15)21/h5-6,9-11,14,17H,2-4,7-8,12-13H2,1H3. The fraction of sp³-hybridized carbons (Fsp3) is 0.526. The van der Waals surface area contributed by atoms with E-state index in [1.54, 1.807) is 18.6 Å². The minimum Gasteiger partial charge on any atom is -0.345 e. The molecule has 0 N–H and O–H groups in total. The molecular weight excluding hydrogens is 359 g/mol. The minimum absolute atomic E-state index is 0.157. The van der Waals surface area contributed by atoms with Gasteiger partial charge >= 0.3 is 0 Å². The van der Waals surface area contributed by atoms with Gasteiger partial charge in [-0.2, -0.15) is 0 Å². The molecule has 6 heteroatoms. The fourth-order valence-corrected chi connectivity index (χ4v) is 3.69. The van der Waals surface area contributed by atoms with Crippen molar-refractivity contribution in [3.8, 4) is 0 Å². The van der Waals surface area contributed by atoms with Crippen molar-refractivity contribution in [1.29, 1.82) is 0 Å². The van der Waals surface area contributed by atoms with Gasteiger partial charge in [-0.25, -0.2) is 4.98 Å². The Bertz CT molecular complexity index is 678. The molecule has 2 atom stereocenters. The highest BCUT2D eigenvalue weighted by molar-refractivity contribution is 6.35. The predicted molar refractivity (Wildman–Crippen MR) is 100 cm³/mol. The van der Waals surface area contributed by atoms with Crippen LogP contribution in [0.5, 0.6) is 0 Å². The molecule has 1 fully saturated rings. The third-order valence-electron chi connectivity index (χ3n) is 4.57. The number of benzene rings is 1. The summed E-state index contributed by atoms with van der Waals surface area (Å²) in [7, 11) is 0. The highest BCUT2D eigenvalue weighted by atomic mass is 35.5. The van der Waals surface area contributed by atoms with Crippen LogP contribution < -0.4 is 0 Å². The Morgan fingerprint density at radius 2 is 2.24 bits per heavy atom. The van der Waals surface area contributed by atoms with Crippen molar-refractivity contribution in [2.24, 2.45) is 0 Å². The van der Waals surface area contributed by atoms with E-state index in [1.165, 1.54) is 0 Å². The van der Waals surface area contributed by atoms with Crippen LogP contribution in [-0.4, -0.2) is 28.0 Å². The maximum Gasteiger partial charge on any atom is 0.187 e. The number of ether oxygens (including phenoxy) is 2. The van der Waals surface area contributed by atoms with Crippen molar-refractivity contribution in [3.05, 3.63) is 52.5 Å². The molecule has 0 bridgehead atoms. The van der Waals surface area contributed by atoms with Gasteiger partial charge in [0.1, 0.15) is 0 Å². The van der Waals surface area contributed by atoms with Crippen molar-refractivity contribution in [2.75, 3.05) is 6.61 Å². The first-order valence-corrected chi connectivity index (χ1v) is 9.57. The Morgan fingerprint density at radius 3 is 2.96 bits per heavy atom. The lowest BCUT2D eigenvalue weighted by Crippen LogP contribution is -2.36. The topological polar surface area (TPSA) is 36.3 Å². The van der Waals surface area contributed by atoms with Gasteiger partial charge < -0.3 is 14.0 Å². The van der Waals surface area contributed by atoms with Crippen molar-refractivity contribution in [3.63, 3.8) is 0 Å². The van der Waals surface area contributed by atoms with Crippen molar-refractivity contribution in [2.45, 2.75) is 57.5 Å². The monoisotopic (exact) mass is 382 g/mol. The number of unbranched alkanes of at least 4 members (excludes halogenated alkanes) is 1. The van der Waals surface area contributed by atoms with Crippen molar-refractivity contribution >= 4 is 23.2 Å². The van der Waals surface area contributed by atoms with Gasteiger partial charge in [0.15, 0.2) is 5.79 Å². The lowest BCUT2D eigenvalue weighted by atomic mass is 10.0. The summed E-state index contributed by atoms with van der Waals surface area (Å²) in [5.41, 5.74) is 1.06. The van der Waals surface area contributed by atoms with Gasteiger partial charge in [-0.3, -0.25) is 0 Å². The first-order chi connectivity index (χ1) is 12.1. The lowest BCUT2D eigenvalue weighted by Gasteiger charge is -2.29. The maximum atomic E-state index is 6.37. The van der Waals surface area contributed by atoms with E-state index in [0.29, 0.717) is 23.2 Å². The molecule has 3 rings (SSSR count). The van der Waals surface area contributed by atoms with E-state index in [4.69, 9.17) is 32.7 Å². The molecule has 2 heterocycles. The molecule has 1 aromatic heterocycles. The number of hydrogen-bond donors (Lipinski definition) is 0. The molecule has 1 aliphatic rings. The van der Waals surface area contributed by atoms with Crippen LogP contribution in [0.2, 0.25) is 10.0 Å². The molecule has 1 saturated heterocycles. The Balaban J connectivity index is 1.70. The second kappa shape index (κ2) is 8.54. The van der Waals surface area contributed by atoms with Crippen LogP contribution in [0.1, 0.15) is 38.2 Å². The van der Waals surface area contributed by atoms with E-state index in [-0.39, 0.29) is 6.10 Å². The smallest absolute Gasteiger partial charge is 0.187 e. The summed E-state index contributed by atoms with van der Waals surface area (Å²) in [6.07, 6.45) is 10.5. The van der Waals surface area contributed by atoms with Gasteiger partial charge in [-0.15, -0.1) is 0 Å². The van der Waals surface area contributed by atoms with Crippen molar-refractivity contribution in [1.82, 2.24) is 9.55 Å². The van der Waals surface area contributed by atoms with Crippen LogP contribution in [0.15, 0.2) is 36.9 Å². The molecule has 0 spiro atoms.